The molecular formula is C17H23BrFNO. The van der Waals surface area contributed by atoms with Gasteiger partial charge in [0, 0.05) is 10.9 Å². The van der Waals surface area contributed by atoms with E-state index in [9.17, 15) is 9.18 Å². The van der Waals surface area contributed by atoms with E-state index >= 15 is 0 Å². The average molecular weight is 356 g/mol. The van der Waals surface area contributed by atoms with E-state index in [0.29, 0.717) is 0 Å². The van der Waals surface area contributed by atoms with Crippen LogP contribution in [0.15, 0.2) is 22.7 Å². The number of hydrogen-bond acceptors (Lipinski definition) is 2. The zero-order valence-electron chi connectivity index (χ0n) is 12.8. The number of carbonyl (C=O) groups is 1. The Morgan fingerprint density at radius 2 is 1.86 bits per heavy atom. The van der Waals surface area contributed by atoms with Crippen LogP contribution in [0, 0.1) is 5.82 Å². The predicted molar refractivity (Wildman–Crippen MR) is 86.9 cm³/mol. The molecule has 0 bridgehead atoms. The third-order valence-electron chi connectivity index (χ3n) is 4.66. The van der Waals surface area contributed by atoms with Gasteiger partial charge in [-0.1, -0.05) is 41.6 Å². The van der Waals surface area contributed by atoms with Crippen molar-refractivity contribution < 1.29 is 9.18 Å². The standard InChI is InChI=1S/C17H23BrFNO/c1-20(2)17(9-5-3-4-6-10-17)16(21)12-13-11-14(19)7-8-15(13)18/h7-8,11H,3-6,9-10,12H2,1-2H3. The molecule has 1 aromatic carbocycles. The van der Waals surface area contributed by atoms with Crippen molar-refractivity contribution in [1.29, 1.82) is 0 Å². The fourth-order valence-electron chi connectivity index (χ4n) is 3.31. The summed E-state index contributed by atoms with van der Waals surface area (Å²) >= 11 is 3.42. The van der Waals surface area contributed by atoms with E-state index in [1.54, 1.807) is 6.07 Å². The van der Waals surface area contributed by atoms with E-state index in [0.717, 1.165) is 35.7 Å². The summed E-state index contributed by atoms with van der Waals surface area (Å²) in [6.45, 7) is 0. The lowest BCUT2D eigenvalue weighted by molar-refractivity contribution is -0.130. The molecule has 1 aliphatic rings. The second-order valence-electron chi connectivity index (χ2n) is 6.18. The van der Waals surface area contributed by atoms with Gasteiger partial charge in [0.05, 0.1) is 5.54 Å². The maximum Gasteiger partial charge on any atom is 0.157 e. The lowest BCUT2D eigenvalue weighted by atomic mass is 9.82. The largest absolute Gasteiger partial charge is 0.297 e. The van der Waals surface area contributed by atoms with Gasteiger partial charge in [-0.05, 0) is 50.7 Å². The van der Waals surface area contributed by atoms with Crippen molar-refractivity contribution in [2.75, 3.05) is 14.1 Å². The minimum atomic E-state index is -0.387. The molecule has 0 spiro atoms. The summed E-state index contributed by atoms with van der Waals surface area (Å²) in [7, 11) is 3.98. The van der Waals surface area contributed by atoms with Crippen molar-refractivity contribution in [3.05, 3.63) is 34.1 Å². The van der Waals surface area contributed by atoms with Gasteiger partial charge >= 0.3 is 0 Å². The molecule has 0 atom stereocenters. The third-order valence-corrected chi connectivity index (χ3v) is 5.44. The van der Waals surface area contributed by atoms with Crippen LogP contribution in [0.2, 0.25) is 0 Å². The number of Topliss-reactive ketones (excluding diaryl/α,β-unsaturated/α-hetero) is 1. The Hall–Kier alpha value is -0.740. The van der Waals surface area contributed by atoms with Crippen molar-refractivity contribution in [1.82, 2.24) is 4.90 Å². The van der Waals surface area contributed by atoms with Crippen LogP contribution in [0.25, 0.3) is 0 Å². The zero-order valence-corrected chi connectivity index (χ0v) is 14.4. The third kappa shape index (κ3) is 3.72. The molecule has 0 radical (unpaired) electrons. The van der Waals surface area contributed by atoms with Crippen molar-refractivity contribution >= 4 is 21.7 Å². The number of likely N-dealkylation sites (N-methyl/N-ethyl adjacent to an activating group) is 1. The van der Waals surface area contributed by atoms with Gasteiger partial charge < -0.3 is 0 Å². The molecule has 0 saturated heterocycles. The Balaban J connectivity index is 2.24. The van der Waals surface area contributed by atoms with Crippen LogP contribution in [-0.2, 0) is 11.2 Å². The Labute approximate surface area is 134 Å². The summed E-state index contributed by atoms with van der Waals surface area (Å²) < 4.78 is 14.2. The zero-order chi connectivity index (χ0) is 15.5. The summed E-state index contributed by atoms with van der Waals surface area (Å²) in [5, 5.41) is 0. The number of carbonyl (C=O) groups excluding carboxylic acids is 1. The minimum absolute atomic E-state index is 0.209. The molecule has 0 heterocycles. The molecule has 2 rings (SSSR count). The van der Waals surface area contributed by atoms with Crippen LogP contribution in [-0.4, -0.2) is 30.3 Å². The number of nitrogens with zero attached hydrogens (tertiary/aromatic N) is 1. The van der Waals surface area contributed by atoms with Gasteiger partial charge in [0.15, 0.2) is 5.78 Å². The Bertz CT molecular complexity index is 508. The first-order valence-electron chi connectivity index (χ1n) is 7.60. The molecule has 1 fully saturated rings. The molecule has 0 N–H and O–H groups in total. The summed E-state index contributed by atoms with van der Waals surface area (Å²) in [6.07, 6.45) is 6.69. The molecule has 1 aliphatic carbocycles. The molecule has 0 amide bonds. The number of benzene rings is 1. The minimum Gasteiger partial charge on any atom is -0.297 e. The molecule has 1 aromatic rings. The summed E-state index contributed by atoms with van der Waals surface area (Å²) in [5.74, 6) is -0.0820. The first-order valence-corrected chi connectivity index (χ1v) is 8.40. The summed E-state index contributed by atoms with van der Waals surface area (Å²) in [6, 6.07) is 4.54. The molecule has 116 valence electrons. The van der Waals surface area contributed by atoms with Gasteiger partial charge in [-0.15, -0.1) is 0 Å². The van der Waals surface area contributed by atoms with Crippen molar-refractivity contribution in [3.63, 3.8) is 0 Å². The molecule has 0 unspecified atom stereocenters. The first kappa shape index (κ1) is 16.6. The van der Waals surface area contributed by atoms with E-state index in [2.05, 4.69) is 20.8 Å². The summed E-state index contributed by atoms with van der Waals surface area (Å²) in [5.41, 5.74) is 0.355. The van der Waals surface area contributed by atoms with Crippen LogP contribution in [0.5, 0.6) is 0 Å². The monoisotopic (exact) mass is 355 g/mol. The smallest absolute Gasteiger partial charge is 0.157 e. The SMILES string of the molecule is CN(C)C1(C(=O)Cc2cc(F)ccc2Br)CCCCCC1. The molecule has 4 heteroatoms. The highest BCUT2D eigenvalue weighted by Crippen LogP contribution is 2.33. The summed E-state index contributed by atoms with van der Waals surface area (Å²) in [4.78, 5) is 15.0. The maximum absolute atomic E-state index is 13.4. The van der Waals surface area contributed by atoms with Crippen LogP contribution >= 0.6 is 15.9 Å². The Morgan fingerprint density at radius 3 is 2.43 bits per heavy atom. The molecule has 2 nitrogen and oxygen atoms in total. The molecule has 0 aliphatic heterocycles. The Kier molecular flexibility index (Phi) is 5.55. The first-order chi connectivity index (χ1) is 9.95. The highest BCUT2D eigenvalue weighted by molar-refractivity contribution is 9.10. The lowest BCUT2D eigenvalue weighted by Crippen LogP contribution is -2.51. The number of halogens is 2. The van der Waals surface area contributed by atoms with Gasteiger partial charge in [-0.3, -0.25) is 9.69 Å². The molecule has 21 heavy (non-hydrogen) atoms. The second-order valence-corrected chi connectivity index (χ2v) is 7.03. The maximum atomic E-state index is 13.4. The van der Waals surface area contributed by atoms with Gasteiger partial charge in [0.2, 0.25) is 0 Å². The van der Waals surface area contributed by atoms with Gasteiger partial charge in [0.1, 0.15) is 5.82 Å². The van der Waals surface area contributed by atoms with Crippen molar-refractivity contribution in [3.8, 4) is 0 Å². The van der Waals surface area contributed by atoms with Crippen LogP contribution in [0.1, 0.15) is 44.1 Å². The van der Waals surface area contributed by atoms with E-state index in [1.165, 1.54) is 25.0 Å². The number of hydrogen-bond donors (Lipinski definition) is 0. The molecule has 0 aromatic heterocycles. The normalized spacial score (nSPS) is 18.5. The van der Waals surface area contributed by atoms with Crippen molar-refractivity contribution in [2.45, 2.75) is 50.5 Å². The number of ketones is 1. The average Bonchev–Trinajstić information content (AvgIpc) is 2.69. The highest BCUT2D eigenvalue weighted by atomic mass is 79.9. The van der Waals surface area contributed by atoms with Crippen LogP contribution in [0.4, 0.5) is 4.39 Å². The van der Waals surface area contributed by atoms with Gasteiger partial charge in [-0.2, -0.15) is 0 Å². The van der Waals surface area contributed by atoms with Crippen LogP contribution in [0.3, 0.4) is 0 Å². The van der Waals surface area contributed by atoms with Gasteiger partial charge in [-0.25, -0.2) is 4.39 Å². The van der Waals surface area contributed by atoms with E-state index in [-0.39, 0.29) is 23.6 Å². The lowest BCUT2D eigenvalue weighted by Gasteiger charge is -2.38. The number of rotatable bonds is 4. The van der Waals surface area contributed by atoms with Crippen LogP contribution < -0.4 is 0 Å². The quantitative estimate of drug-likeness (QED) is 0.748. The van der Waals surface area contributed by atoms with E-state index in [4.69, 9.17) is 0 Å². The fourth-order valence-corrected chi connectivity index (χ4v) is 3.69. The van der Waals surface area contributed by atoms with E-state index in [1.807, 2.05) is 14.1 Å². The Morgan fingerprint density at radius 1 is 1.24 bits per heavy atom. The predicted octanol–water partition coefficient (Wildman–Crippen LogP) is 4.35. The van der Waals surface area contributed by atoms with Crippen molar-refractivity contribution in [2.24, 2.45) is 0 Å². The van der Waals surface area contributed by atoms with Gasteiger partial charge in [0.25, 0.3) is 0 Å². The second kappa shape index (κ2) is 7.01. The fraction of sp³-hybridized carbons (Fsp3) is 0.588. The topological polar surface area (TPSA) is 20.3 Å². The van der Waals surface area contributed by atoms with E-state index < -0.39 is 0 Å². The molecular weight excluding hydrogens is 333 g/mol. The molecule has 1 saturated carbocycles. The highest BCUT2D eigenvalue weighted by Gasteiger charge is 2.40.